The lowest BCUT2D eigenvalue weighted by atomic mass is 10.0. The average Bonchev–Trinajstić information content (AvgIpc) is 2.53. The quantitative estimate of drug-likeness (QED) is 0.679. The number of benzene rings is 1. The van der Waals surface area contributed by atoms with Crippen molar-refractivity contribution in [2.75, 3.05) is 13.1 Å². The van der Waals surface area contributed by atoms with Gasteiger partial charge in [0.15, 0.2) is 0 Å². The summed E-state index contributed by atoms with van der Waals surface area (Å²) >= 11 is 0. The predicted molar refractivity (Wildman–Crippen MR) is 90.5 cm³/mol. The number of carbonyl (C=O) groups is 1. The van der Waals surface area contributed by atoms with E-state index in [9.17, 15) is 4.79 Å². The molecule has 0 spiro atoms. The van der Waals surface area contributed by atoms with Gasteiger partial charge in [-0.3, -0.25) is 4.79 Å². The molecule has 0 saturated heterocycles. The van der Waals surface area contributed by atoms with E-state index in [2.05, 4.69) is 18.7 Å². The van der Waals surface area contributed by atoms with E-state index in [1.807, 2.05) is 56.0 Å². The Balaban J connectivity index is 2.80. The van der Waals surface area contributed by atoms with Crippen LogP contribution < -0.4 is 0 Å². The highest BCUT2D eigenvalue weighted by Gasteiger charge is 2.11. The summed E-state index contributed by atoms with van der Waals surface area (Å²) in [6.45, 7) is 11.2. The van der Waals surface area contributed by atoms with Gasteiger partial charge in [0, 0.05) is 18.7 Å². The Bertz CT molecular complexity index is 519. The molecular weight excluding hydrogens is 258 g/mol. The van der Waals surface area contributed by atoms with Gasteiger partial charge in [-0.15, -0.1) is 0 Å². The van der Waals surface area contributed by atoms with Crippen molar-refractivity contribution < 1.29 is 4.79 Å². The van der Waals surface area contributed by atoms with Crippen molar-refractivity contribution in [3.63, 3.8) is 0 Å². The first-order chi connectivity index (χ1) is 10.2. The minimum atomic E-state index is 0.101. The lowest BCUT2D eigenvalue weighted by molar-refractivity contribution is 0.0773. The van der Waals surface area contributed by atoms with Crippen LogP contribution in [0, 0.1) is 0 Å². The monoisotopic (exact) mass is 283 g/mol. The van der Waals surface area contributed by atoms with Gasteiger partial charge in [-0.25, -0.2) is 0 Å². The van der Waals surface area contributed by atoms with E-state index in [-0.39, 0.29) is 5.91 Å². The molecule has 1 aromatic carbocycles. The molecule has 0 aliphatic carbocycles. The molecule has 0 radical (unpaired) electrons. The predicted octanol–water partition coefficient (Wildman–Crippen LogP) is 4.40. The fourth-order valence-electron chi connectivity index (χ4n) is 2.14. The molecule has 0 unspecified atom stereocenters. The number of hydrogen-bond donors (Lipinski definition) is 0. The Morgan fingerprint density at radius 2 is 1.81 bits per heavy atom. The van der Waals surface area contributed by atoms with Crippen LogP contribution in [0.1, 0.15) is 36.7 Å². The van der Waals surface area contributed by atoms with Gasteiger partial charge in [-0.2, -0.15) is 0 Å². The lowest BCUT2D eigenvalue weighted by Crippen LogP contribution is -2.30. The normalized spacial score (nSPS) is 11.7. The zero-order valence-corrected chi connectivity index (χ0v) is 13.3. The Kier molecular flexibility index (Phi) is 7.24. The Hall–Kier alpha value is -2.09. The second kappa shape index (κ2) is 8.96. The third-order valence-electron chi connectivity index (χ3n) is 3.48. The van der Waals surface area contributed by atoms with E-state index >= 15 is 0 Å². The number of hydrogen-bond acceptors (Lipinski definition) is 1. The van der Waals surface area contributed by atoms with Crippen molar-refractivity contribution in [3.8, 4) is 0 Å². The third-order valence-corrected chi connectivity index (χ3v) is 3.48. The SMILES string of the molecule is C=C/C=C\C(=C/C)Cc1ccc(C(=O)N(CC)CC)cc1. The van der Waals surface area contributed by atoms with Gasteiger partial charge in [-0.1, -0.05) is 43.0 Å². The molecule has 0 aliphatic rings. The van der Waals surface area contributed by atoms with E-state index in [1.54, 1.807) is 6.08 Å². The molecule has 0 atom stereocenters. The number of amides is 1. The van der Waals surface area contributed by atoms with Crippen molar-refractivity contribution in [1.29, 1.82) is 0 Å². The summed E-state index contributed by atoms with van der Waals surface area (Å²) in [6.07, 6.45) is 8.72. The fraction of sp³-hybridized carbons (Fsp3) is 0.316. The van der Waals surface area contributed by atoms with Gasteiger partial charge in [0.1, 0.15) is 0 Å². The van der Waals surface area contributed by atoms with Gasteiger partial charge in [-0.05, 0) is 50.5 Å². The Labute approximate surface area is 128 Å². The fourth-order valence-corrected chi connectivity index (χ4v) is 2.14. The van der Waals surface area contributed by atoms with Crippen molar-refractivity contribution in [2.24, 2.45) is 0 Å². The third kappa shape index (κ3) is 5.07. The van der Waals surface area contributed by atoms with Crippen LogP contribution in [-0.2, 0) is 6.42 Å². The molecule has 2 nitrogen and oxygen atoms in total. The molecule has 1 rings (SSSR count). The van der Waals surface area contributed by atoms with Crippen molar-refractivity contribution in [3.05, 3.63) is 71.8 Å². The van der Waals surface area contributed by atoms with Crippen molar-refractivity contribution in [2.45, 2.75) is 27.2 Å². The molecule has 0 aromatic heterocycles. The van der Waals surface area contributed by atoms with Crippen molar-refractivity contribution in [1.82, 2.24) is 4.90 Å². The summed E-state index contributed by atoms with van der Waals surface area (Å²) in [5.74, 6) is 0.101. The molecule has 1 aromatic rings. The first-order valence-electron chi connectivity index (χ1n) is 7.48. The maximum atomic E-state index is 12.2. The van der Waals surface area contributed by atoms with Gasteiger partial charge in [0.25, 0.3) is 5.91 Å². The van der Waals surface area contributed by atoms with Crippen LogP contribution in [0.15, 0.2) is 60.7 Å². The second-order valence-electron chi connectivity index (χ2n) is 4.81. The van der Waals surface area contributed by atoms with Gasteiger partial charge in [0.05, 0.1) is 0 Å². The number of allylic oxidation sites excluding steroid dienone is 5. The van der Waals surface area contributed by atoms with Gasteiger partial charge < -0.3 is 4.90 Å². The summed E-state index contributed by atoms with van der Waals surface area (Å²) in [5.41, 5.74) is 3.19. The van der Waals surface area contributed by atoms with Crippen molar-refractivity contribution >= 4 is 5.91 Å². The van der Waals surface area contributed by atoms with E-state index in [0.29, 0.717) is 0 Å². The Morgan fingerprint density at radius 3 is 2.29 bits per heavy atom. The summed E-state index contributed by atoms with van der Waals surface area (Å²) in [7, 11) is 0. The first-order valence-corrected chi connectivity index (χ1v) is 7.48. The molecule has 0 bridgehead atoms. The highest BCUT2D eigenvalue weighted by Crippen LogP contribution is 2.12. The minimum absolute atomic E-state index is 0.101. The number of nitrogens with zero attached hydrogens (tertiary/aromatic N) is 1. The van der Waals surface area contributed by atoms with E-state index in [0.717, 1.165) is 25.1 Å². The summed E-state index contributed by atoms with van der Waals surface area (Å²) in [6, 6.07) is 7.89. The smallest absolute Gasteiger partial charge is 0.253 e. The second-order valence-corrected chi connectivity index (χ2v) is 4.81. The van der Waals surface area contributed by atoms with Crippen LogP contribution in [0.2, 0.25) is 0 Å². The Morgan fingerprint density at radius 1 is 1.19 bits per heavy atom. The summed E-state index contributed by atoms with van der Waals surface area (Å²) in [4.78, 5) is 14.1. The highest BCUT2D eigenvalue weighted by molar-refractivity contribution is 5.94. The zero-order chi connectivity index (χ0) is 15.7. The molecule has 0 N–H and O–H groups in total. The molecule has 2 heteroatoms. The molecule has 21 heavy (non-hydrogen) atoms. The van der Waals surface area contributed by atoms with Gasteiger partial charge in [0.2, 0.25) is 0 Å². The molecular formula is C19H25NO. The summed E-state index contributed by atoms with van der Waals surface area (Å²) < 4.78 is 0. The van der Waals surface area contributed by atoms with Crippen LogP contribution >= 0.6 is 0 Å². The number of carbonyl (C=O) groups excluding carboxylic acids is 1. The van der Waals surface area contributed by atoms with Crippen LogP contribution in [0.25, 0.3) is 0 Å². The van der Waals surface area contributed by atoms with E-state index < -0.39 is 0 Å². The van der Waals surface area contributed by atoms with E-state index in [1.165, 1.54) is 11.1 Å². The van der Waals surface area contributed by atoms with Crippen LogP contribution in [-0.4, -0.2) is 23.9 Å². The topological polar surface area (TPSA) is 20.3 Å². The zero-order valence-electron chi connectivity index (χ0n) is 13.3. The summed E-state index contributed by atoms with van der Waals surface area (Å²) in [5, 5.41) is 0. The van der Waals surface area contributed by atoms with Crippen LogP contribution in [0.5, 0.6) is 0 Å². The largest absolute Gasteiger partial charge is 0.339 e. The molecule has 0 fully saturated rings. The van der Waals surface area contributed by atoms with E-state index in [4.69, 9.17) is 0 Å². The maximum Gasteiger partial charge on any atom is 0.253 e. The first kappa shape index (κ1) is 17.0. The maximum absolute atomic E-state index is 12.2. The minimum Gasteiger partial charge on any atom is -0.339 e. The van der Waals surface area contributed by atoms with Crippen LogP contribution in [0.4, 0.5) is 0 Å². The highest BCUT2D eigenvalue weighted by atomic mass is 16.2. The molecule has 0 saturated carbocycles. The molecule has 1 amide bonds. The molecule has 112 valence electrons. The standard InChI is InChI=1S/C19H25NO/c1-5-9-10-16(6-2)15-17-11-13-18(14-12-17)19(21)20(7-3)8-4/h5-6,9-14H,1,7-8,15H2,2-4H3/b10-9-,16-6+. The average molecular weight is 283 g/mol. The molecule has 0 heterocycles. The lowest BCUT2D eigenvalue weighted by Gasteiger charge is -2.18. The molecule has 0 aliphatic heterocycles. The number of rotatable bonds is 7. The van der Waals surface area contributed by atoms with Gasteiger partial charge >= 0.3 is 0 Å². The van der Waals surface area contributed by atoms with Crippen LogP contribution in [0.3, 0.4) is 0 Å².